The molecule has 2 fully saturated rings. The van der Waals surface area contributed by atoms with Gasteiger partial charge in [-0.05, 0) is 87.3 Å². The van der Waals surface area contributed by atoms with E-state index in [1.165, 1.54) is 92.6 Å². The van der Waals surface area contributed by atoms with Gasteiger partial charge in [0.05, 0.1) is 12.6 Å². The molecule has 3 aromatic rings. The number of rotatable bonds is 19. The summed E-state index contributed by atoms with van der Waals surface area (Å²) in [4.78, 5) is 190. The van der Waals surface area contributed by atoms with E-state index in [4.69, 9.17) is 0 Å². The molecule has 0 aliphatic carbocycles. The van der Waals surface area contributed by atoms with E-state index in [0.717, 1.165) is 24.2 Å². The van der Waals surface area contributed by atoms with Gasteiger partial charge in [-0.25, -0.2) is 0 Å². The number of hydrogen-bond acceptors (Lipinski definition) is 14. The molecular weight excluding hydrogens is 1310 g/mol. The summed E-state index contributed by atoms with van der Waals surface area (Å²) >= 11 is 0. The van der Waals surface area contributed by atoms with Gasteiger partial charge in [-0.15, -0.1) is 0 Å². The van der Waals surface area contributed by atoms with Gasteiger partial charge in [-0.3, -0.25) is 57.5 Å². The lowest BCUT2D eigenvalue weighted by Crippen LogP contribution is -2.62. The highest BCUT2D eigenvalue weighted by molar-refractivity contribution is 5.99. The van der Waals surface area contributed by atoms with E-state index in [0.29, 0.717) is 29.8 Å². The molecule has 2 aliphatic rings. The van der Waals surface area contributed by atoms with E-state index in [-0.39, 0.29) is 74.9 Å². The second-order valence-corrected chi connectivity index (χ2v) is 29.2. The second kappa shape index (κ2) is 39.4. The molecule has 566 valence electrons. The number of benzene rings is 3. The Morgan fingerprint density at radius 3 is 1.57 bits per heavy atom. The Morgan fingerprint density at radius 2 is 1.05 bits per heavy atom. The van der Waals surface area contributed by atoms with Crippen LogP contribution in [-0.2, 0) is 76.8 Å². The Labute approximate surface area is 609 Å². The smallest absolute Gasteiger partial charge is 0.248 e. The van der Waals surface area contributed by atoms with Crippen LogP contribution in [0.1, 0.15) is 124 Å². The molecular formula is C77H115N13O13. The van der Waals surface area contributed by atoms with E-state index < -0.39 is 144 Å². The number of nitrogens with zero attached hydrogens (tertiary/aromatic N) is 9. The predicted molar refractivity (Wildman–Crippen MR) is 393 cm³/mol. The molecule has 2 aliphatic heterocycles. The fraction of sp³-hybridized carbons (Fsp3) is 0.584. The van der Waals surface area contributed by atoms with E-state index in [1.807, 2.05) is 58.0 Å². The molecule has 3 aromatic carbocycles. The van der Waals surface area contributed by atoms with Crippen LogP contribution in [0.5, 0.6) is 0 Å². The maximum Gasteiger partial charge on any atom is 0.248 e. The van der Waals surface area contributed by atoms with Gasteiger partial charge in [0.15, 0.2) is 0 Å². The highest BCUT2D eigenvalue weighted by Gasteiger charge is 2.43. The lowest BCUT2D eigenvalue weighted by molar-refractivity contribution is -0.151. The van der Waals surface area contributed by atoms with Gasteiger partial charge < -0.3 is 70.5 Å². The van der Waals surface area contributed by atoms with Crippen LogP contribution >= 0.6 is 0 Å². The zero-order valence-electron chi connectivity index (χ0n) is 63.7. The minimum absolute atomic E-state index is 0.0328. The van der Waals surface area contributed by atoms with Gasteiger partial charge in [-0.2, -0.15) is 0 Å². The number of likely N-dealkylation sites (N-methyl/N-ethyl adjacent to an activating group) is 7. The van der Waals surface area contributed by atoms with Crippen molar-refractivity contribution in [2.45, 2.75) is 193 Å². The summed E-state index contributed by atoms with van der Waals surface area (Å²) in [6, 6.07) is 13.9. The van der Waals surface area contributed by atoms with Gasteiger partial charge in [0.2, 0.25) is 70.9 Å². The first-order valence-corrected chi connectivity index (χ1v) is 36.0. The highest BCUT2D eigenvalue weighted by Crippen LogP contribution is 2.24. The number of aliphatic hydroxyl groups is 1. The first-order chi connectivity index (χ1) is 48.5. The van der Waals surface area contributed by atoms with E-state index in [9.17, 15) is 38.7 Å². The van der Waals surface area contributed by atoms with Gasteiger partial charge in [0.1, 0.15) is 60.4 Å². The van der Waals surface area contributed by atoms with Crippen molar-refractivity contribution in [1.29, 1.82) is 0 Å². The van der Waals surface area contributed by atoms with Crippen LogP contribution in [0, 0.1) is 17.8 Å². The molecule has 0 spiro atoms. The van der Waals surface area contributed by atoms with Crippen LogP contribution in [0.25, 0.3) is 0 Å². The molecule has 12 amide bonds. The third-order valence-corrected chi connectivity index (χ3v) is 19.8. The van der Waals surface area contributed by atoms with Gasteiger partial charge in [0, 0.05) is 114 Å². The zero-order chi connectivity index (χ0) is 76.9. The summed E-state index contributed by atoms with van der Waals surface area (Å²) < 4.78 is 0. The predicted octanol–water partition coefficient (Wildman–Crippen LogP) is 3.49. The number of nitrogens with one attached hydrogen (secondary N) is 4. The quantitative estimate of drug-likeness (QED) is 0.115. The van der Waals surface area contributed by atoms with Crippen molar-refractivity contribution in [1.82, 2.24) is 65.4 Å². The molecule has 2 saturated heterocycles. The van der Waals surface area contributed by atoms with Gasteiger partial charge >= 0.3 is 0 Å². The Hall–Kier alpha value is -9.20. The summed E-state index contributed by atoms with van der Waals surface area (Å²) in [7, 11) is 11.5. The summed E-state index contributed by atoms with van der Waals surface area (Å²) in [5.41, 5.74) is 2.24. The molecule has 5 rings (SSSR count). The summed E-state index contributed by atoms with van der Waals surface area (Å²) in [6.45, 7) is 20.0. The molecule has 0 bridgehead atoms. The summed E-state index contributed by atoms with van der Waals surface area (Å²) in [6.07, 6.45) is 0.733. The number of likely N-dealkylation sites (tertiary alicyclic amines) is 1. The average Bonchev–Trinajstić information content (AvgIpc) is 0.836. The zero-order valence-corrected chi connectivity index (χ0v) is 63.7. The molecule has 11 atom stereocenters. The van der Waals surface area contributed by atoms with Crippen LogP contribution in [0.3, 0.4) is 0 Å². The topological polar surface area (TPSA) is 302 Å². The first-order valence-electron chi connectivity index (χ1n) is 36.0. The third kappa shape index (κ3) is 23.7. The molecule has 0 unspecified atom stereocenters. The monoisotopic (exact) mass is 1430 g/mol. The Balaban J connectivity index is 1.62. The van der Waals surface area contributed by atoms with Gasteiger partial charge in [0.25, 0.3) is 0 Å². The number of aliphatic hydroxyl groups excluding tert-OH is 1. The first kappa shape index (κ1) is 84.5. The largest absolute Gasteiger partial charge is 0.391 e. The third-order valence-electron chi connectivity index (χ3n) is 19.8. The Kier molecular flexibility index (Phi) is 32.3. The number of carbonyl (C=O) groups is 12. The highest BCUT2D eigenvalue weighted by atomic mass is 16.3. The van der Waals surface area contributed by atoms with Crippen molar-refractivity contribution >= 4 is 70.9 Å². The van der Waals surface area contributed by atoms with Crippen LogP contribution in [0.4, 0.5) is 0 Å². The molecule has 0 aromatic heterocycles. The molecule has 0 saturated carbocycles. The van der Waals surface area contributed by atoms with Crippen molar-refractivity contribution in [3.63, 3.8) is 0 Å². The summed E-state index contributed by atoms with van der Waals surface area (Å²) in [5.74, 6) is -9.03. The van der Waals surface area contributed by atoms with Crippen LogP contribution in [0.15, 0.2) is 103 Å². The van der Waals surface area contributed by atoms with Crippen LogP contribution < -0.4 is 21.3 Å². The van der Waals surface area contributed by atoms with Gasteiger partial charge in [-0.1, -0.05) is 139 Å². The second-order valence-electron chi connectivity index (χ2n) is 29.2. The lowest BCUT2D eigenvalue weighted by atomic mass is 9.96. The molecule has 0 radical (unpaired) electrons. The molecule has 5 N–H and O–H groups in total. The fourth-order valence-electron chi connectivity index (χ4n) is 12.9. The Bertz CT molecular complexity index is 3400. The number of carbonyl (C=O) groups excluding carboxylic acids is 12. The molecule has 26 heteroatoms. The van der Waals surface area contributed by atoms with Crippen molar-refractivity contribution in [3.8, 4) is 0 Å². The normalized spacial score (nSPS) is 22.6. The van der Waals surface area contributed by atoms with E-state index >= 15 is 24.0 Å². The fourth-order valence-corrected chi connectivity index (χ4v) is 12.9. The summed E-state index contributed by atoms with van der Waals surface area (Å²) in [5, 5.41) is 22.5. The van der Waals surface area contributed by atoms with Crippen molar-refractivity contribution in [3.05, 3.63) is 120 Å². The van der Waals surface area contributed by atoms with Crippen molar-refractivity contribution < 1.29 is 62.6 Å². The number of amides is 12. The SMILES string of the molecule is C=C1C[C@@H](C(=O)N(C)[C@@H](Cc2ccccc2)C(=O)N(C)[C@@H](Cc2ccccc2)C(=O)N[C@@H](C)C(=O)N2CCCCC2)NC(=O)[C@H](C(C)C)NC(=O)[C@H](CC(C)C)N(C)C(=O)[C@H](CC(C)C)N(C)C(=O)CN(C)C(=O)[C@H]([C@@H](C)O)NC(=O)[C@H](Cc2ccccc2)N(C)C(=O)[C@H](C)N(C)C(=O)CCN1C. The molecule has 26 nitrogen and oxygen atoms in total. The standard InChI is InChI=1S/C77H115N13O13/c1-48(2)41-59-69(95)80-66(50(5)6)71(97)79-58(74(100)89(18)63(46-57-35-27-21-28-36-57)76(102)88(17)60(44-55-31-23-19-24-32-55)68(94)78-52(8)72(98)90-38-29-22-30-39-90)43-51(7)82(11)40-37-64(92)84(13)53(9)73(99)86(15)61(45-56-33-25-20-26-34-56)70(96)81-67(54(10)91)77(103)83(12)47-65(93)85(14)62(42-49(3)4)75(101)87(59)16/h19-21,23-28,31-36,48-50,52-54,58-63,66-67,91H,7,22,29-30,37-47H2,1-6,8-18H3,(H,78,94)(H,79,97)(H,80,95)(H,81,96)/t52-,53-,54+,58-,59-,60-,61-,62-,63-,66-,67-/m0/s1. The average molecular weight is 1430 g/mol. The van der Waals surface area contributed by atoms with Crippen LogP contribution in [0.2, 0.25) is 0 Å². The molecule has 2 heterocycles. The van der Waals surface area contributed by atoms with Crippen molar-refractivity contribution in [2.75, 3.05) is 82.6 Å². The number of piperidine rings is 1. The lowest BCUT2D eigenvalue weighted by Gasteiger charge is -2.38. The van der Waals surface area contributed by atoms with Crippen molar-refractivity contribution in [2.24, 2.45) is 17.8 Å². The van der Waals surface area contributed by atoms with Crippen LogP contribution in [-0.4, -0.2) is 269 Å². The van der Waals surface area contributed by atoms with E-state index in [1.54, 1.807) is 98.3 Å². The minimum Gasteiger partial charge on any atom is -0.391 e. The minimum atomic E-state index is -1.63. The maximum atomic E-state index is 15.8. The maximum absolute atomic E-state index is 15.8. The molecule has 103 heavy (non-hydrogen) atoms. The number of hydrogen-bond donors (Lipinski definition) is 5. The van der Waals surface area contributed by atoms with E-state index in [2.05, 4.69) is 27.8 Å². The Morgan fingerprint density at radius 1 is 0.553 bits per heavy atom.